The van der Waals surface area contributed by atoms with Gasteiger partial charge in [-0.1, -0.05) is 30.3 Å². The van der Waals surface area contributed by atoms with E-state index in [0.717, 1.165) is 5.56 Å². The van der Waals surface area contributed by atoms with Gasteiger partial charge in [0.05, 0.1) is 23.9 Å². The van der Waals surface area contributed by atoms with Gasteiger partial charge in [0.25, 0.3) is 5.56 Å². The molecule has 27 heavy (non-hydrogen) atoms. The van der Waals surface area contributed by atoms with Gasteiger partial charge in [-0.15, -0.1) is 11.3 Å². The van der Waals surface area contributed by atoms with Crippen molar-refractivity contribution in [1.29, 1.82) is 0 Å². The highest BCUT2D eigenvalue weighted by atomic mass is 32.1. The summed E-state index contributed by atoms with van der Waals surface area (Å²) in [6.45, 7) is 2.21. The van der Waals surface area contributed by atoms with Gasteiger partial charge < -0.3 is 9.64 Å². The summed E-state index contributed by atoms with van der Waals surface area (Å²) in [5, 5.41) is 1.75. The van der Waals surface area contributed by atoms with Gasteiger partial charge in [-0.3, -0.25) is 14.2 Å². The molecule has 8 heteroatoms. The molecule has 0 radical (unpaired) electrons. The van der Waals surface area contributed by atoms with Crippen LogP contribution in [0.4, 0.5) is 0 Å². The zero-order valence-electron chi connectivity index (χ0n) is 15.0. The molecule has 0 aliphatic carbocycles. The van der Waals surface area contributed by atoms with Crippen LogP contribution in [0.5, 0.6) is 0 Å². The number of fused-ring (bicyclic) bond motifs is 1. The number of ether oxygens (including phenoxy) is 1. The molecule has 3 aromatic rings. The lowest BCUT2D eigenvalue weighted by Gasteiger charge is -2.17. The predicted molar refractivity (Wildman–Crippen MR) is 103 cm³/mol. The van der Waals surface area contributed by atoms with Gasteiger partial charge >= 0.3 is 5.97 Å². The van der Waals surface area contributed by atoms with Gasteiger partial charge in [0, 0.05) is 19.0 Å². The van der Waals surface area contributed by atoms with Crippen LogP contribution in [-0.2, 0) is 22.6 Å². The van der Waals surface area contributed by atoms with Crippen molar-refractivity contribution < 1.29 is 14.3 Å². The largest absolute Gasteiger partial charge is 0.462 e. The summed E-state index contributed by atoms with van der Waals surface area (Å²) in [6.07, 6.45) is 1.34. The Morgan fingerprint density at radius 3 is 2.70 bits per heavy atom. The second kappa shape index (κ2) is 8.13. The number of amides is 1. The predicted octanol–water partition coefficient (Wildman–Crippen LogP) is 2.29. The van der Waals surface area contributed by atoms with Gasteiger partial charge in [0.2, 0.25) is 5.91 Å². The van der Waals surface area contributed by atoms with Crippen LogP contribution in [0, 0.1) is 0 Å². The normalized spacial score (nSPS) is 10.7. The van der Waals surface area contributed by atoms with E-state index < -0.39 is 11.5 Å². The molecule has 0 saturated carbocycles. The molecule has 0 unspecified atom stereocenters. The van der Waals surface area contributed by atoms with Crippen LogP contribution in [0.25, 0.3) is 10.2 Å². The molecular weight excluding hydrogens is 366 g/mol. The zero-order valence-corrected chi connectivity index (χ0v) is 15.9. The Hall–Kier alpha value is -3.00. The van der Waals surface area contributed by atoms with E-state index in [9.17, 15) is 14.4 Å². The highest BCUT2D eigenvalue weighted by molar-refractivity contribution is 7.17. The molecule has 3 rings (SSSR count). The van der Waals surface area contributed by atoms with Gasteiger partial charge in [0.15, 0.2) is 0 Å². The number of carbonyl (C=O) groups excluding carboxylic acids is 2. The number of benzene rings is 1. The molecule has 0 fully saturated rings. The molecule has 2 heterocycles. The molecule has 2 aromatic heterocycles. The Morgan fingerprint density at radius 1 is 1.26 bits per heavy atom. The van der Waals surface area contributed by atoms with Crippen LogP contribution in [0.1, 0.15) is 22.8 Å². The maximum Gasteiger partial charge on any atom is 0.339 e. The number of hydrogen-bond acceptors (Lipinski definition) is 6. The van der Waals surface area contributed by atoms with E-state index >= 15 is 0 Å². The lowest BCUT2D eigenvalue weighted by Crippen LogP contribution is -2.33. The Bertz CT molecular complexity index is 1030. The second-order valence-electron chi connectivity index (χ2n) is 5.96. The second-order valence-corrected chi connectivity index (χ2v) is 6.82. The summed E-state index contributed by atoms with van der Waals surface area (Å²) < 4.78 is 6.22. The number of carbonyl (C=O) groups is 2. The smallest absolute Gasteiger partial charge is 0.339 e. The van der Waals surface area contributed by atoms with E-state index in [0.29, 0.717) is 11.4 Å². The molecule has 0 aliphatic heterocycles. The van der Waals surface area contributed by atoms with E-state index in [4.69, 9.17) is 4.74 Å². The lowest BCUT2D eigenvalue weighted by atomic mass is 10.2. The quantitative estimate of drug-likeness (QED) is 0.608. The van der Waals surface area contributed by atoms with Crippen molar-refractivity contribution in [2.45, 2.75) is 20.0 Å². The Labute approximate surface area is 159 Å². The highest BCUT2D eigenvalue weighted by Gasteiger charge is 2.19. The number of nitrogens with zero attached hydrogens (tertiary/aromatic N) is 3. The van der Waals surface area contributed by atoms with Crippen molar-refractivity contribution in [3.05, 3.63) is 63.5 Å². The van der Waals surface area contributed by atoms with Crippen LogP contribution in [0.2, 0.25) is 0 Å². The van der Waals surface area contributed by atoms with E-state index in [2.05, 4.69) is 4.98 Å². The first-order valence-corrected chi connectivity index (χ1v) is 9.31. The van der Waals surface area contributed by atoms with E-state index in [1.54, 1.807) is 24.3 Å². The van der Waals surface area contributed by atoms with E-state index in [1.807, 2.05) is 30.3 Å². The minimum Gasteiger partial charge on any atom is -0.462 e. The van der Waals surface area contributed by atoms with Crippen LogP contribution in [-0.4, -0.2) is 40.0 Å². The standard InChI is InChI=1S/C19H19N3O4S/c1-3-26-19(25)14-11-27-17-16(14)18(24)22(12-20-17)10-15(23)21(2)9-13-7-5-4-6-8-13/h4-8,11-12H,3,9-10H2,1-2H3. The van der Waals surface area contributed by atoms with Crippen LogP contribution < -0.4 is 5.56 Å². The highest BCUT2D eigenvalue weighted by Crippen LogP contribution is 2.21. The van der Waals surface area contributed by atoms with Crippen molar-refractivity contribution in [2.75, 3.05) is 13.7 Å². The van der Waals surface area contributed by atoms with E-state index in [-0.39, 0.29) is 30.0 Å². The minimum atomic E-state index is -0.562. The zero-order chi connectivity index (χ0) is 19.4. The van der Waals surface area contributed by atoms with E-state index in [1.165, 1.54) is 22.2 Å². The van der Waals surface area contributed by atoms with Crippen LogP contribution in [0.3, 0.4) is 0 Å². The number of thiophene rings is 1. The molecule has 0 bridgehead atoms. The SMILES string of the molecule is CCOC(=O)c1csc2ncn(CC(=O)N(C)Cc3ccccc3)c(=O)c12. The molecule has 0 N–H and O–H groups in total. The van der Waals surface area contributed by atoms with Gasteiger partial charge in [0.1, 0.15) is 11.4 Å². The lowest BCUT2D eigenvalue weighted by molar-refractivity contribution is -0.131. The van der Waals surface area contributed by atoms with Crippen molar-refractivity contribution in [1.82, 2.24) is 14.5 Å². The summed E-state index contributed by atoms with van der Waals surface area (Å²) in [7, 11) is 1.68. The Balaban J connectivity index is 1.83. The third kappa shape index (κ3) is 4.06. The molecule has 0 aliphatic rings. The fourth-order valence-electron chi connectivity index (χ4n) is 2.65. The molecule has 140 valence electrons. The third-order valence-electron chi connectivity index (χ3n) is 4.05. The van der Waals surface area contributed by atoms with Gasteiger partial charge in [-0.25, -0.2) is 9.78 Å². The van der Waals surface area contributed by atoms with Crippen molar-refractivity contribution >= 4 is 33.4 Å². The maximum atomic E-state index is 12.8. The molecule has 7 nitrogen and oxygen atoms in total. The Kier molecular flexibility index (Phi) is 5.66. The minimum absolute atomic E-state index is 0.150. The van der Waals surface area contributed by atoms with Crippen molar-refractivity contribution in [3.63, 3.8) is 0 Å². The fourth-order valence-corrected chi connectivity index (χ4v) is 3.52. The average molecular weight is 385 g/mol. The van der Waals surface area contributed by atoms with Crippen LogP contribution in [0.15, 0.2) is 46.8 Å². The molecule has 0 saturated heterocycles. The van der Waals surface area contributed by atoms with Gasteiger partial charge in [-0.2, -0.15) is 0 Å². The topological polar surface area (TPSA) is 81.5 Å². The van der Waals surface area contributed by atoms with Crippen molar-refractivity contribution in [2.24, 2.45) is 0 Å². The molecular formula is C19H19N3O4S. The van der Waals surface area contributed by atoms with Crippen LogP contribution >= 0.6 is 11.3 Å². The monoisotopic (exact) mass is 385 g/mol. The molecule has 0 spiro atoms. The maximum absolute atomic E-state index is 12.8. The summed E-state index contributed by atoms with van der Waals surface area (Å²) in [6, 6.07) is 9.59. The first-order chi connectivity index (χ1) is 13.0. The average Bonchev–Trinajstić information content (AvgIpc) is 3.10. The summed E-state index contributed by atoms with van der Waals surface area (Å²) in [5.41, 5.74) is 0.760. The molecule has 1 aromatic carbocycles. The molecule has 0 atom stereocenters. The third-order valence-corrected chi connectivity index (χ3v) is 4.94. The number of aromatic nitrogens is 2. The number of esters is 1. The van der Waals surface area contributed by atoms with Crippen molar-refractivity contribution in [3.8, 4) is 0 Å². The van der Waals surface area contributed by atoms with Gasteiger partial charge in [-0.05, 0) is 12.5 Å². The summed E-state index contributed by atoms with van der Waals surface area (Å²) in [5.74, 6) is -0.789. The summed E-state index contributed by atoms with van der Waals surface area (Å²) in [4.78, 5) is 43.6. The first-order valence-electron chi connectivity index (χ1n) is 8.43. The fraction of sp³-hybridized carbons (Fsp3) is 0.263. The number of likely N-dealkylation sites (N-methyl/N-ethyl adjacent to an activating group) is 1. The first kappa shape index (κ1) is 18.8. The Morgan fingerprint density at radius 2 is 2.00 bits per heavy atom. The number of rotatable bonds is 6. The number of hydrogen-bond donors (Lipinski definition) is 0. The summed E-state index contributed by atoms with van der Waals surface area (Å²) >= 11 is 1.20. The molecule has 1 amide bonds.